The predicted molar refractivity (Wildman–Crippen MR) is 199 cm³/mol. The smallest absolute Gasteiger partial charge is 0.00262 e. The summed E-state index contributed by atoms with van der Waals surface area (Å²) in [6.07, 6.45) is 1.95. The van der Waals surface area contributed by atoms with Crippen LogP contribution < -0.4 is 10.4 Å². The van der Waals surface area contributed by atoms with Gasteiger partial charge in [-0.1, -0.05) is 165 Å². The van der Waals surface area contributed by atoms with Crippen molar-refractivity contribution in [2.45, 2.75) is 0 Å². The van der Waals surface area contributed by atoms with Crippen molar-refractivity contribution in [1.82, 2.24) is 0 Å². The van der Waals surface area contributed by atoms with Crippen molar-refractivity contribution in [3.05, 3.63) is 192 Å². The van der Waals surface area contributed by atoms with Crippen LogP contribution in [0.1, 0.15) is 5.56 Å². The summed E-state index contributed by atoms with van der Waals surface area (Å²) in [6, 6.07) is 59.1. The van der Waals surface area contributed by atoms with Gasteiger partial charge in [0.25, 0.3) is 0 Å². The second kappa shape index (κ2) is 11.5. The van der Waals surface area contributed by atoms with E-state index in [0.717, 1.165) is 21.6 Å². The summed E-state index contributed by atoms with van der Waals surface area (Å²) in [5.41, 5.74) is 9.56. The number of benzene rings is 8. The molecule has 0 aliphatic heterocycles. The molecule has 0 heteroatoms. The average molecular weight is 585 g/mol. The van der Waals surface area contributed by atoms with Gasteiger partial charge in [0.15, 0.2) is 0 Å². The fraction of sp³-hybridized carbons (Fsp3) is 0. The normalized spacial score (nSPS) is 12.0. The Morgan fingerprint density at radius 3 is 1.59 bits per heavy atom. The molecule has 0 aromatic heterocycles. The largest absolute Gasteiger partial charge is 0.0984 e. The van der Waals surface area contributed by atoms with Gasteiger partial charge in [-0.3, -0.25) is 0 Å². The molecular formula is C46H32. The van der Waals surface area contributed by atoms with E-state index >= 15 is 0 Å². The monoisotopic (exact) mass is 584 g/mol. The number of allylic oxidation sites excluding steroid dienone is 1. The molecule has 0 aliphatic rings. The third-order valence-electron chi connectivity index (χ3n) is 9.14. The Hall–Kier alpha value is -5.98. The standard InChI is InChI=1S/C46H32/c1-3-39(40-21-7-4-14-31(40)2)36-18-13-20-38(30-36)46-43-24-10-8-22-41(43)45(42-23-9-11-25-44(42)46)37-19-12-17-34(29-37)35-27-26-32-15-5-6-16-33(32)28-35/h3-30H,1-2H2/b40-39+. The molecule has 0 amide bonds. The second-order valence-corrected chi connectivity index (χ2v) is 11.8. The SMILES string of the molecule is C=C/C(c1cccc(-c2c3ccccc3c(-c3cccc(-c4ccc5ccccc5c4)c3)c3ccccc23)c1)=c1/ccccc1=C. The number of rotatable bonds is 5. The second-order valence-electron chi connectivity index (χ2n) is 11.8. The quantitative estimate of drug-likeness (QED) is 0.177. The van der Waals surface area contributed by atoms with Crippen LogP contribution in [0.2, 0.25) is 0 Å². The maximum atomic E-state index is 4.29. The molecule has 0 fully saturated rings. The highest BCUT2D eigenvalue weighted by molar-refractivity contribution is 6.21. The van der Waals surface area contributed by atoms with Crippen molar-refractivity contribution in [3.63, 3.8) is 0 Å². The predicted octanol–water partition coefficient (Wildman–Crippen LogP) is 10.9. The van der Waals surface area contributed by atoms with Gasteiger partial charge in [0.2, 0.25) is 0 Å². The summed E-state index contributed by atoms with van der Waals surface area (Å²) in [5, 5.41) is 9.57. The lowest BCUT2D eigenvalue weighted by Crippen LogP contribution is -2.24. The molecule has 0 heterocycles. The van der Waals surface area contributed by atoms with Crippen molar-refractivity contribution in [2.24, 2.45) is 0 Å². The highest BCUT2D eigenvalue weighted by atomic mass is 14.2. The zero-order chi connectivity index (χ0) is 31.0. The average Bonchev–Trinajstić information content (AvgIpc) is 3.11. The minimum Gasteiger partial charge on any atom is -0.0984 e. The summed E-state index contributed by atoms with van der Waals surface area (Å²) >= 11 is 0. The van der Waals surface area contributed by atoms with Gasteiger partial charge in [-0.05, 0) is 105 Å². The Bertz CT molecular complexity index is 2510. The lowest BCUT2D eigenvalue weighted by Gasteiger charge is -2.19. The van der Waals surface area contributed by atoms with Crippen LogP contribution in [-0.2, 0) is 0 Å². The number of hydrogen-bond acceptors (Lipinski definition) is 0. The van der Waals surface area contributed by atoms with Crippen LogP contribution in [0.5, 0.6) is 0 Å². The van der Waals surface area contributed by atoms with Gasteiger partial charge in [0.1, 0.15) is 0 Å². The first-order valence-corrected chi connectivity index (χ1v) is 15.7. The van der Waals surface area contributed by atoms with Crippen molar-refractivity contribution >= 4 is 44.5 Å². The maximum absolute atomic E-state index is 4.29. The van der Waals surface area contributed by atoms with Crippen LogP contribution in [-0.4, -0.2) is 0 Å². The molecule has 0 saturated carbocycles. The van der Waals surface area contributed by atoms with E-state index in [1.165, 1.54) is 65.7 Å². The van der Waals surface area contributed by atoms with E-state index in [2.05, 4.69) is 171 Å². The third-order valence-corrected chi connectivity index (χ3v) is 9.14. The van der Waals surface area contributed by atoms with Crippen molar-refractivity contribution in [3.8, 4) is 33.4 Å². The molecule has 0 N–H and O–H groups in total. The molecule has 8 aromatic carbocycles. The topological polar surface area (TPSA) is 0 Å². The molecule has 0 saturated heterocycles. The van der Waals surface area contributed by atoms with Crippen LogP contribution >= 0.6 is 0 Å². The summed E-state index contributed by atoms with van der Waals surface area (Å²) in [4.78, 5) is 0. The minimum atomic E-state index is 0.994. The lowest BCUT2D eigenvalue weighted by molar-refractivity contribution is 1.48. The van der Waals surface area contributed by atoms with Crippen LogP contribution in [0.15, 0.2) is 176 Å². The lowest BCUT2D eigenvalue weighted by atomic mass is 9.85. The molecule has 0 spiro atoms. The Morgan fingerprint density at radius 1 is 0.413 bits per heavy atom. The first-order chi connectivity index (χ1) is 22.7. The van der Waals surface area contributed by atoms with Crippen LogP contribution in [0.3, 0.4) is 0 Å². The molecule has 0 unspecified atom stereocenters. The molecule has 8 rings (SSSR count). The fourth-order valence-corrected chi connectivity index (χ4v) is 6.98. The van der Waals surface area contributed by atoms with Crippen molar-refractivity contribution in [2.75, 3.05) is 0 Å². The molecule has 46 heavy (non-hydrogen) atoms. The molecule has 0 bridgehead atoms. The molecule has 216 valence electrons. The van der Waals surface area contributed by atoms with E-state index < -0.39 is 0 Å². The molecule has 8 aromatic rings. The Labute approximate surface area is 269 Å². The van der Waals surface area contributed by atoms with Crippen LogP contribution in [0.4, 0.5) is 0 Å². The molecular weight excluding hydrogens is 553 g/mol. The zero-order valence-corrected chi connectivity index (χ0v) is 25.6. The Kier molecular flexibility index (Phi) is 6.89. The van der Waals surface area contributed by atoms with Gasteiger partial charge in [-0.2, -0.15) is 0 Å². The molecule has 0 atom stereocenters. The molecule has 0 nitrogen and oxygen atoms in total. The highest BCUT2D eigenvalue weighted by Crippen LogP contribution is 2.44. The van der Waals surface area contributed by atoms with Gasteiger partial charge in [-0.25, -0.2) is 0 Å². The van der Waals surface area contributed by atoms with E-state index in [1.54, 1.807) is 0 Å². The summed E-state index contributed by atoms with van der Waals surface area (Å²) in [5.74, 6) is 0. The highest BCUT2D eigenvalue weighted by Gasteiger charge is 2.17. The first-order valence-electron chi connectivity index (χ1n) is 15.7. The van der Waals surface area contributed by atoms with Crippen molar-refractivity contribution < 1.29 is 0 Å². The van der Waals surface area contributed by atoms with E-state index in [4.69, 9.17) is 0 Å². The third kappa shape index (κ3) is 4.72. The zero-order valence-electron chi connectivity index (χ0n) is 25.6. The Balaban J connectivity index is 1.36. The van der Waals surface area contributed by atoms with Crippen LogP contribution in [0, 0.1) is 0 Å². The van der Waals surface area contributed by atoms with Crippen molar-refractivity contribution in [1.29, 1.82) is 0 Å². The first kappa shape index (κ1) is 27.6. The molecule has 0 aliphatic carbocycles. The summed E-state index contributed by atoms with van der Waals surface area (Å²) < 4.78 is 0. The fourth-order valence-electron chi connectivity index (χ4n) is 6.98. The Morgan fingerprint density at radius 2 is 0.935 bits per heavy atom. The van der Waals surface area contributed by atoms with E-state index in [1.807, 2.05) is 12.1 Å². The maximum Gasteiger partial charge on any atom is -0.00262 e. The van der Waals surface area contributed by atoms with Gasteiger partial charge in [0, 0.05) is 0 Å². The number of fused-ring (bicyclic) bond motifs is 3. The van der Waals surface area contributed by atoms with Crippen LogP contribution in [0.25, 0.3) is 77.9 Å². The minimum absolute atomic E-state index is 0.994. The van der Waals surface area contributed by atoms with E-state index in [-0.39, 0.29) is 0 Å². The van der Waals surface area contributed by atoms with E-state index in [0.29, 0.717) is 0 Å². The molecule has 0 radical (unpaired) electrons. The van der Waals surface area contributed by atoms with E-state index in [9.17, 15) is 0 Å². The van der Waals surface area contributed by atoms with Gasteiger partial charge < -0.3 is 0 Å². The summed E-state index contributed by atoms with van der Waals surface area (Å²) in [7, 11) is 0. The van der Waals surface area contributed by atoms with Gasteiger partial charge >= 0.3 is 0 Å². The summed E-state index contributed by atoms with van der Waals surface area (Å²) in [6.45, 7) is 8.47. The number of hydrogen-bond donors (Lipinski definition) is 0. The van der Waals surface area contributed by atoms with Gasteiger partial charge in [0.05, 0.1) is 0 Å². The van der Waals surface area contributed by atoms with Gasteiger partial charge in [-0.15, -0.1) is 0 Å².